The summed E-state index contributed by atoms with van der Waals surface area (Å²) < 4.78 is 41.0. The molecule has 0 fully saturated rings. The number of rotatable bonds is 4. The van der Waals surface area contributed by atoms with Crippen molar-refractivity contribution in [2.24, 2.45) is 0 Å². The summed E-state index contributed by atoms with van der Waals surface area (Å²) in [6, 6.07) is 3.57. The van der Waals surface area contributed by atoms with E-state index in [1.165, 1.54) is 11.3 Å². The van der Waals surface area contributed by atoms with Crippen molar-refractivity contribution >= 4 is 30.1 Å². The minimum absolute atomic E-state index is 0. The zero-order chi connectivity index (χ0) is 11.6. The van der Waals surface area contributed by atoms with Gasteiger partial charge >= 0.3 is 58.4 Å². The molecule has 2 aromatic heterocycles. The van der Waals surface area contributed by atoms with Crippen molar-refractivity contribution in [3.05, 3.63) is 17.5 Å². The molecule has 0 N–H and O–H groups in total. The normalized spacial score (nSPS) is 11.2. The average Bonchev–Trinajstić information content (AvgIpc) is 2.84. The Balaban J connectivity index is 0.00000144. The van der Waals surface area contributed by atoms with E-state index in [1.54, 1.807) is 12.1 Å². The Bertz CT molecular complexity index is 462. The molecule has 2 aromatic rings. The number of aromatic nitrogens is 2. The van der Waals surface area contributed by atoms with Gasteiger partial charge in [-0.15, -0.1) is 21.5 Å². The molecule has 3 nitrogen and oxygen atoms in total. The third-order valence-electron chi connectivity index (χ3n) is 1.53. The minimum atomic E-state index is -4.83. The van der Waals surface area contributed by atoms with E-state index < -0.39 is 12.6 Å². The van der Waals surface area contributed by atoms with E-state index in [0.29, 0.717) is 11.8 Å². The molecule has 0 spiro atoms. The number of hydrogen-bond acceptors (Lipinski definition) is 5. The van der Waals surface area contributed by atoms with Gasteiger partial charge in [0, 0.05) is 0 Å². The predicted octanol–water partition coefficient (Wildman–Crippen LogP) is 0.281. The number of thiophene rings is 1. The molecular weight excluding hydrogens is 299 g/mol. The number of nitrogens with zero attached hydrogens (tertiary/aromatic N) is 2. The van der Waals surface area contributed by atoms with Gasteiger partial charge in [-0.3, -0.25) is 0 Å². The first kappa shape index (κ1) is 15.7. The Morgan fingerprint density at radius 1 is 1.35 bits per heavy atom. The molecular formula is C7H5BF3KN2OS2. The van der Waals surface area contributed by atoms with E-state index in [9.17, 15) is 12.9 Å². The van der Waals surface area contributed by atoms with Gasteiger partial charge in [0.1, 0.15) is 0 Å². The topological polar surface area (TPSA) is 38.9 Å². The van der Waals surface area contributed by atoms with E-state index in [0.717, 1.165) is 4.88 Å². The Morgan fingerprint density at radius 2 is 2.12 bits per heavy atom. The number of hydrogen-bond donors (Lipinski definition) is 0. The zero-order valence-corrected chi connectivity index (χ0v) is 13.5. The largest absolute Gasteiger partial charge is 1.00 e. The van der Waals surface area contributed by atoms with Crippen LogP contribution in [-0.2, 0) is 0 Å². The Hall–Kier alpha value is 0.681. The van der Waals surface area contributed by atoms with Gasteiger partial charge in [0.25, 0.3) is 11.1 Å². The van der Waals surface area contributed by atoms with Crippen molar-refractivity contribution in [1.29, 1.82) is 0 Å². The third kappa shape index (κ3) is 5.05. The van der Waals surface area contributed by atoms with E-state index >= 15 is 0 Å². The maximum Gasteiger partial charge on any atom is 1.00 e. The molecule has 0 amide bonds. The molecule has 0 saturated heterocycles. The summed E-state index contributed by atoms with van der Waals surface area (Å²) in [5, 5.41) is 8.98. The molecule has 0 aromatic carbocycles. The van der Waals surface area contributed by atoms with Crippen LogP contribution >= 0.6 is 23.1 Å². The van der Waals surface area contributed by atoms with Crippen molar-refractivity contribution in [3.63, 3.8) is 0 Å². The van der Waals surface area contributed by atoms with Crippen LogP contribution in [-0.4, -0.2) is 22.8 Å². The first-order valence-corrected chi connectivity index (χ1v) is 6.12. The first-order chi connectivity index (χ1) is 7.54. The summed E-state index contributed by atoms with van der Waals surface area (Å²) in [7, 11) is 0. The van der Waals surface area contributed by atoms with E-state index in [-0.39, 0.29) is 62.5 Å². The molecule has 0 aliphatic carbocycles. The van der Waals surface area contributed by atoms with Crippen molar-refractivity contribution in [1.82, 2.24) is 10.2 Å². The molecule has 0 atom stereocenters. The van der Waals surface area contributed by atoms with Crippen LogP contribution in [0.25, 0.3) is 10.8 Å². The molecule has 17 heavy (non-hydrogen) atoms. The van der Waals surface area contributed by atoms with Crippen LogP contribution in [0.2, 0.25) is 0 Å². The van der Waals surface area contributed by atoms with Gasteiger partial charge < -0.3 is 17.4 Å². The Morgan fingerprint density at radius 3 is 2.71 bits per heavy atom. The van der Waals surface area contributed by atoms with Crippen LogP contribution in [0.4, 0.5) is 12.9 Å². The maximum atomic E-state index is 12.0. The summed E-state index contributed by atoms with van der Waals surface area (Å²) >= 11 is 1.90. The van der Waals surface area contributed by atoms with Crippen LogP contribution < -0.4 is 51.4 Å². The van der Waals surface area contributed by atoms with E-state index in [4.69, 9.17) is 4.42 Å². The standard InChI is InChI=1S/C7H5BF3N2OS2.K/c9-8(10,11)4-16-7-13-12-6(14-7)5-2-1-3-15-5;/h1-3H,4H2;/q-1;+1. The number of thioether (sulfide) groups is 1. The van der Waals surface area contributed by atoms with E-state index in [2.05, 4.69) is 10.2 Å². The fourth-order valence-electron chi connectivity index (χ4n) is 0.934. The van der Waals surface area contributed by atoms with Crippen molar-refractivity contribution in [2.75, 3.05) is 5.65 Å². The monoisotopic (exact) mass is 304 g/mol. The van der Waals surface area contributed by atoms with Crippen LogP contribution in [0.15, 0.2) is 27.2 Å². The molecule has 0 saturated carbocycles. The van der Waals surface area contributed by atoms with Crippen molar-refractivity contribution < 1.29 is 68.7 Å². The maximum absolute atomic E-state index is 12.0. The van der Waals surface area contributed by atoms with Gasteiger partial charge in [0.15, 0.2) is 0 Å². The first-order valence-electron chi connectivity index (χ1n) is 4.26. The quantitative estimate of drug-likeness (QED) is 0.601. The van der Waals surface area contributed by atoms with Gasteiger partial charge in [0.05, 0.1) is 4.88 Å². The zero-order valence-electron chi connectivity index (χ0n) is 8.77. The van der Waals surface area contributed by atoms with Gasteiger partial charge in [-0.2, -0.15) is 0 Å². The summed E-state index contributed by atoms with van der Waals surface area (Å²) in [6.45, 7) is -4.83. The minimum Gasteiger partial charge on any atom is -0.448 e. The molecule has 0 unspecified atom stereocenters. The van der Waals surface area contributed by atoms with Gasteiger partial charge in [-0.05, 0) is 17.1 Å². The van der Waals surface area contributed by atoms with Gasteiger partial charge in [-0.1, -0.05) is 17.8 Å². The predicted molar refractivity (Wildman–Crippen MR) is 57.4 cm³/mol. The van der Waals surface area contributed by atoms with Crippen LogP contribution in [0, 0.1) is 0 Å². The molecule has 0 bridgehead atoms. The molecule has 0 aliphatic rings. The summed E-state index contributed by atoms with van der Waals surface area (Å²) in [5.74, 6) is 0.257. The Labute approximate surface area is 146 Å². The van der Waals surface area contributed by atoms with Gasteiger partial charge in [0.2, 0.25) is 0 Å². The molecule has 10 heteroatoms. The fraction of sp³-hybridized carbons (Fsp3) is 0.143. The second kappa shape index (κ2) is 6.73. The van der Waals surface area contributed by atoms with Crippen molar-refractivity contribution in [2.45, 2.75) is 5.22 Å². The summed E-state index contributed by atoms with van der Waals surface area (Å²) in [4.78, 5) is 0.747. The van der Waals surface area contributed by atoms with Crippen LogP contribution in [0.3, 0.4) is 0 Å². The second-order valence-corrected chi connectivity index (χ2v) is 4.79. The van der Waals surface area contributed by atoms with Crippen LogP contribution in [0.1, 0.15) is 0 Å². The summed E-state index contributed by atoms with van der Waals surface area (Å²) in [5.41, 5.74) is -0.966. The van der Waals surface area contributed by atoms with Gasteiger partial charge in [-0.25, -0.2) is 0 Å². The summed E-state index contributed by atoms with van der Waals surface area (Å²) in [6.07, 6.45) is 0. The molecule has 0 aliphatic heterocycles. The second-order valence-electron chi connectivity index (χ2n) is 2.87. The molecule has 2 rings (SSSR count). The van der Waals surface area contributed by atoms with Crippen molar-refractivity contribution in [3.8, 4) is 10.8 Å². The fourth-order valence-corrected chi connectivity index (χ4v) is 2.15. The Kier molecular flexibility index (Phi) is 6.23. The molecule has 2 heterocycles. The number of halogens is 3. The molecule has 0 radical (unpaired) electrons. The van der Waals surface area contributed by atoms with Crippen LogP contribution in [0.5, 0.6) is 0 Å². The molecule has 86 valence electrons. The SMILES string of the molecule is F[B-](F)(F)CSc1nnc(-c2cccs2)o1.[K+]. The smallest absolute Gasteiger partial charge is 0.448 e. The van der Waals surface area contributed by atoms with E-state index in [1.807, 2.05) is 5.38 Å². The average molecular weight is 304 g/mol. The third-order valence-corrected chi connectivity index (χ3v) is 3.35.